The van der Waals surface area contributed by atoms with Crippen molar-refractivity contribution in [2.75, 3.05) is 33.2 Å². The molecule has 2 N–H and O–H groups in total. The fraction of sp³-hybridized carbons (Fsp3) is 0.647. The Morgan fingerprint density at radius 2 is 1.85 bits per heavy atom. The average molecular weight is 275 g/mol. The minimum Gasteiger partial charge on any atom is -0.324 e. The number of benzene rings is 1. The van der Waals surface area contributed by atoms with Crippen LogP contribution < -0.4 is 5.73 Å². The van der Waals surface area contributed by atoms with E-state index in [0.717, 1.165) is 32.6 Å². The van der Waals surface area contributed by atoms with Gasteiger partial charge in [0.05, 0.1) is 0 Å². The summed E-state index contributed by atoms with van der Waals surface area (Å²) in [5, 5.41) is 0. The molecular formula is C17H29N3. The van der Waals surface area contributed by atoms with Crippen molar-refractivity contribution in [1.29, 1.82) is 0 Å². The lowest BCUT2D eigenvalue weighted by Crippen LogP contribution is -2.57. The molecule has 1 atom stereocenters. The van der Waals surface area contributed by atoms with E-state index in [1.54, 1.807) is 0 Å². The quantitative estimate of drug-likeness (QED) is 0.916. The first-order valence-corrected chi connectivity index (χ1v) is 7.64. The van der Waals surface area contributed by atoms with Gasteiger partial charge in [0.25, 0.3) is 0 Å². The number of likely N-dealkylation sites (N-methyl/N-ethyl adjacent to an activating group) is 1. The minimum atomic E-state index is 0.151. The van der Waals surface area contributed by atoms with Crippen LogP contribution in [0.2, 0.25) is 0 Å². The van der Waals surface area contributed by atoms with E-state index in [0.29, 0.717) is 0 Å². The summed E-state index contributed by atoms with van der Waals surface area (Å²) in [7, 11) is 2.22. The van der Waals surface area contributed by atoms with E-state index in [-0.39, 0.29) is 11.6 Å². The highest BCUT2D eigenvalue weighted by Crippen LogP contribution is 2.21. The molecule has 1 aliphatic rings. The summed E-state index contributed by atoms with van der Waals surface area (Å²) in [6.45, 7) is 11.3. The zero-order chi connectivity index (χ0) is 14.8. The van der Waals surface area contributed by atoms with Crippen molar-refractivity contribution in [3.8, 4) is 0 Å². The van der Waals surface area contributed by atoms with E-state index in [1.165, 1.54) is 11.1 Å². The maximum absolute atomic E-state index is 6.32. The van der Waals surface area contributed by atoms with Crippen LogP contribution in [-0.4, -0.2) is 48.6 Å². The SMILES string of the molecule is Cc1ccc(C(N)CCN2CCN(C)C(C)(C)C2)cc1. The van der Waals surface area contributed by atoms with Gasteiger partial charge < -0.3 is 10.6 Å². The molecule has 3 nitrogen and oxygen atoms in total. The summed E-state index contributed by atoms with van der Waals surface area (Å²) >= 11 is 0. The summed E-state index contributed by atoms with van der Waals surface area (Å²) in [6, 6.07) is 8.77. The third-order valence-corrected chi connectivity index (χ3v) is 4.66. The molecule has 1 fully saturated rings. The smallest absolute Gasteiger partial charge is 0.0307 e. The molecule has 0 aliphatic carbocycles. The number of hydrogen-bond acceptors (Lipinski definition) is 3. The maximum atomic E-state index is 6.32. The Kier molecular flexibility index (Phi) is 4.84. The van der Waals surface area contributed by atoms with Gasteiger partial charge in [0.1, 0.15) is 0 Å². The van der Waals surface area contributed by atoms with Crippen molar-refractivity contribution in [3.63, 3.8) is 0 Å². The summed E-state index contributed by atoms with van der Waals surface area (Å²) < 4.78 is 0. The third kappa shape index (κ3) is 3.81. The third-order valence-electron chi connectivity index (χ3n) is 4.66. The lowest BCUT2D eigenvalue weighted by atomic mass is 9.98. The Morgan fingerprint density at radius 3 is 2.45 bits per heavy atom. The van der Waals surface area contributed by atoms with Gasteiger partial charge in [0.2, 0.25) is 0 Å². The maximum Gasteiger partial charge on any atom is 0.0307 e. The molecule has 1 aromatic rings. The van der Waals surface area contributed by atoms with Crippen LogP contribution in [0, 0.1) is 6.92 Å². The number of piperazine rings is 1. The zero-order valence-electron chi connectivity index (χ0n) is 13.4. The highest BCUT2D eigenvalue weighted by Gasteiger charge is 2.30. The Balaban J connectivity index is 1.84. The Morgan fingerprint density at radius 1 is 1.20 bits per heavy atom. The van der Waals surface area contributed by atoms with Gasteiger partial charge in [0.15, 0.2) is 0 Å². The molecule has 1 saturated heterocycles. The van der Waals surface area contributed by atoms with E-state index < -0.39 is 0 Å². The molecule has 1 aliphatic heterocycles. The second-order valence-corrected chi connectivity index (χ2v) is 6.82. The van der Waals surface area contributed by atoms with E-state index >= 15 is 0 Å². The standard InChI is InChI=1S/C17H29N3/c1-14-5-7-15(8-6-14)16(18)9-10-20-12-11-19(4)17(2,3)13-20/h5-8,16H,9-13,18H2,1-4H3. The normalized spacial score (nSPS) is 21.9. The van der Waals surface area contributed by atoms with Gasteiger partial charge in [-0.1, -0.05) is 29.8 Å². The first-order chi connectivity index (χ1) is 9.38. The Hall–Kier alpha value is -0.900. The second kappa shape index (κ2) is 6.25. The van der Waals surface area contributed by atoms with Gasteiger partial charge in [-0.05, 0) is 39.8 Å². The van der Waals surface area contributed by atoms with Crippen molar-refractivity contribution in [2.24, 2.45) is 5.73 Å². The molecule has 1 heterocycles. The predicted molar refractivity (Wildman–Crippen MR) is 85.9 cm³/mol. The van der Waals surface area contributed by atoms with E-state index in [2.05, 4.69) is 61.9 Å². The summed E-state index contributed by atoms with van der Waals surface area (Å²) in [4.78, 5) is 5.00. The van der Waals surface area contributed by atoms with Gasteiger partial charge in [-0.25, -0.2) is 0 Å². The molecule has 3 heteroatoms. The first kappa shape index (κ1) is 15.5. The van der Waals surface area contributed by atoms with E-state index in [1.807, 2.05) is 0 Å². The van der Waals surface area contributed by atoms with Gasteiger partial charge in [-0.3, -0.25) is 4.90 Å². The van der Waals surface area contributed by atoms with Crippen molar-refractivity contribution in [1.82, 2.24) is 9.80 Å². The molecule has 0 radical (unpaired) electrons. The van der Waals surface area contributed by atoms with Crippen LogP contribution in [0.4, 0.5) is 0 Å². The fourth-order valence-electron chi connectivity index (χ4n) is 2.83. The minimum absolute atomic E-state index is 0.151. The second-order valence-electron chi connectivity index (χ2n) is 6.82. The van der Waals surface area contributed by atoms with Crippen molar-refractivity contribution < 1.29 is 0 Å². The first-order valence-electron chi connectivity index (χ1n) is 7.64. The van der Waals surface area contributed by atoms with E-state index in [4.69, 9.17) is 5.73 Å². The molecule has 1 aromatic carbocycles. The summed E-state index contributed by atoms with van der Waals surface area (Å²) in [5.74, 6) is 0. The summed E-state index contributed by atoms with van der Waals surface area (Å²) in [6.07, 6.45) is 1.03. The molecule has 20 heavy (non-hydrogen) atoms. The van der Waals surface area contributed by atoms with Crippen LogP contribution in [-0.2, 0) is 0 Å². The average Bonchev–Trinajstić information content (AvgIpc) is 2.40. The number of hydrogen-bond donors (Lipinski definition) is 1. The number of rotatable bonds is 4. The molecule has 0 spiro atoms. The lowest BCUT2D eigenvalue weighted by Gasteiger charge is -2.45. The molecule has 0 saturated carbocycles. The predicted octanol–water partition coefficient (Wildman–Crippen LogP) is 2.41. The monoisotopic (exact) mass is 275 g/mol. The highest BCUT2D eigenvalue weighted by atomic mass is 15.3. The summed E-state index contributed by atoms with van der Waals surface area (Å²) in [5.41, 5.74) is 9.14. The van der Waals surface area contributed by atoms with Crippen molar-refractivity contribution >= 4 is 0 Å². The van der Waals surface area contributed by atoms with Crippen molar-refractivity contribution in [3.05, 3.63) is 35.4 Å². The fourth-order valence-corrected chi connectivity index (χ4v) is 2.83. The topological polar surface area (TPSA) is 32.5 Å². The molecule has 0 amide bonds. The number of nitrogens with zero attached hydrogens (tertiary/aromatic N) is 2. The Labute approximate surface area is 123 Å². The van der Waals surface area contributed by atoms with Crippen LogP contribution in [0.5, 0.6) is 0 Å². The zero-order valence-corrected chi connectivity index (χ0v) is 13.4. The molecule has 1 unspecified atom stereocenters. The van der Waals surface area contributed by atoms with Gasteiger partial charge in [-0.15, -0.1) is 0 Å². The van der Waals surface area contributed by atoms with E-state index in [9.17, 15) is 0 Å². The molecule has 2 rings (SSSR count). The number of nitrogens with two attached hydrogens (primary N) is 1. The van der Waals surface area contributed by atoms with Crippen LogP contribution in [0.25, 0.3) is 0 Å². The lowest BCUT2D eigenvalue weighted by molar-refractivity contribution is 0.0387. The molecule has 112 valence electrons. The Bertz CT molecular complexity index is 424. The molecular weight excluding hydrogens is 246 g/mol. The number of aryl methyl sites for hydroxylation is 1. The molecule has 0 aromatic heterocycles. The van der Waals surface area contributed by atoms with Crippen LogP contribution in [0.1, 0.15) is 37.4 Å². The van der Waals surface area contributed by atoms with Gasteiger partial charge >= 0.3 is 0 Å². The van der Waals surface area contributed by atoms with Crippen LogP contribution >= 0.6 is 0 Å². The van der Waals surface area contributed by atoms with Crippen LogP contribution in [0.3, 0.4) is 0 Å². The molecule has 0 bridgehead atoms. The van der Waals surface area contributed by atoms with Gasteiger partial charge in [0, 0.05) is 37.8 Å². The van der Waals surface area contributed by atoms with Gasteiger partial charge in [-0.2, -0.15) is 0 Å². The largest absolute Gasteiger partial charge is 0.324 e. The van der Waals surface area contributed by atoms with Crippen molar-refractivity contribution in [2.45, 2.75) is 38.8 Å². The highest BCUT2D eigenvalue weighted by molar-refractivity contribution is 5.23. The van der Waals surface area contributed by atoms with Crippen LogP contribution in [0.15, 0.2) is 24.3 Å².